The number of rotatable bonds is 3. The number of aryl methyl sites for hydroxylation is 1. The molecule has 0 spiro atoms. The Morgan fingerprint density at radius 2 is 1.88 bits per heavy atom. The minimum atomic E-state index is -0.729. The molecule has 0 amide bonds. The third-order valence-corrected chi connectivity index (χ3v) is 3.89. The fraction of sp³-hybridized carbons (Fsp3) is 0.0625. The van der Waals surface area contributed by atoms with Gasteiger partial charge in [0.25, 0.3) is 11.1 Å². The number of H-pyrrole nitrogens is 3. The average molecular weight is 371 g/mol. The van der Waals surface area contributed by atoms with Gasteiger partial charge < -0.3 is 10.1 Å². The van der Waals surface area contributed by atoms with Crippen LogP contribution in [0.4, 0.5) is 5.69 Å². The van der Waals surface area contributed by atoms with Gasteiger partial charge in [-0.2, -0.15) is 0 Å². The second-order valence-electron chi connectivity index (χ2n) is 5.33. The molecule has 4 N–H and O–H groups in total. The first kappa shape index (κ1) is 17.3. The third kappa shape index (κ3) is 3.17. The van der Waals surface area contributed by atoms with Crippen LogP contribution in [-0.2, 0) is 0 Å². The zero-order valence-corrected chi connectivity index (χ0v) is 14.3. The average Bonchev–Trinajstić information content (AvgIpc) is 2.57. The van der Waals surface area contributed by atoms with Crippen LogP contribution in [0.3, 0.4) is 0 Å². The molecule has 0 saturated heterocycles. The maximum absolute atomic E-state index is 12.2. The van der Waals surface area contributed by atoms with Crippen molar-refractivity contribution >= 4 is 24.1 Å². The van der Waals surface area contributed by atoms with E-state index in [1.807, 2.05) is 24.0 Å². The van der Waals surface area contributed by atoms with Crippen LogP contribution in [-0.4, -0.2) is 30.8 Å². The largest absolute Gasteiger partial charge is 0.494 e. The van der Waals surface area contributed by atoms with Gasteiger partial charge in [-0.3, -0.25) is 24.1 Å². The van der Waals surface area contributed by atoms with Crippen molar-refractivity contribution in [1.82, 2.24) is 19.5 Å². The predicted molar refractivity (Wildman–Crippen MR) is 98.6 cm³/mol. The van der Waals surface area contributed by atoms with Gasteiger partial charge in [-0.05, 0) is 30.8 Å². The highest BCUT2D eigenvalue weighted by Crippen LogP contribution is 2.21. The Morgan fingerprint density at radius 3 is 2.58 bits per heavy atom. The summed E-state index contributed by atoms with van der Waals surface area (Å²) >= 11 is 5.15. The van der Waals surface area contributed by atoms with Gasteiger partial charge in [0.15, 0.2) is 4.77 Å². The Labute approximate surface area is 150 Å². The molecule has 3 aromatic rings. The van der Waals surface area contributed by atoms with E-state index in [-0.39, 0.29) is 16.0 Å². The number of aromatic nitrogens is 4. The van der Waals surface area contributed by atoms with E-state index in [2.05, 4.69) is 15.0 Å². The van der Waals surface area contributed by atoms with Crippen LogP contribution >= 0.6 is 12.2 Å². The molecule has 0 saturated carbocycles. The topological polar surface area (TPSA) is 136 Å². The number of benzene rings is 1. The van der Waals surface area contributed by atoms with Crippen LogP contribution in [0.15, 0.2) is 49.8 Å². The van der Waals surface area contributed by atoms with Crippen LogP contribution in [0.1, 0.15) is 11.1 Å². The fourth-order valence-corrected chi connectivity index (χ4v) is 2.60. The molecule has 10 heteroatoms. The second-order valence-corrected chi connectivity index (χ2v) is 5.72. The molecule has 0 fully saturated rings. The van der Waals surface area contributed by atoms with Gasteiger partial charge >= 0.3 is 5.69 Å². The first-order chi connectivity index (χ1) is 12.4. The minimum Gasteiger partial charge on any atom is -0.494 e. The summed E-state index contributed by atoms with van der Waals surface area (Å²) in [6.07, 6.45) is 2.13. The molecule has 0 bridgehead atoms. The molecule has 132 valence electrons. The van der Waals surface area contributed by atoms with Crippen molar-refractivity contribution in [2.75, 3.05) is 0 Å². The summed E-state index contributed by atoms with van der Waals surface area (Å²) in [7, 11) is 0. The Morgan fingerprint density at radius 1 is 1.15 bits per heavy atom. The second kappa shape index (κ2) is 6.76. The summed E-state index contributed by atoms with van der Waals surface area (Å²) in [5.41, 5.74) is -0.980. The van der Waals surface area contributed by atoms with Crippen LogP contribution in [0.2, 0.25) is 0 Å². The third-order valence-electron chi connectivity index (χ3n) is 3.61. The summed E-state index contributed by atoms with van der Waals surface area (Å²) in [5, 5.41) is 10.6. The summed E-state index contributed by atoms with van der Waals surface area (Å²) in [6.45, 7) is 1.83. The van der Waals surface area contributed by atoms with Gasteiger partial charge in [0.2, 0.25) is 5.88 Å². The number of hydrogen-bond acceptors (Lipinski definition) is 6. The van der Waals surface area contributed by atoms with Gasteiger partial charge in [0, 0.05) is 12.4 Å². The summed E-state index contributed by atoms with van der Waals surface area (Å²) in [5.74, 6) is -0.419. The molecule has 0 aliphatic rings. The smallest absolute Gasteiger partial charge is 0.325 e. The molecule has 0 atom stereocenters. The molecule has 3 rings (SSSR count). The number of hydrogen-bond donors (Lipinski definition) is 4. The summed E-state index contributed by atoms with van der Waals surface area (Å²) in [4.78, 5) is 45.4. The van der Waals surface area contributed by atoms with E-state index in [0.717, 1.165) is 18.0 Å². The maximum atomic E-state index is 12.2. The monoisotopic (exact) mass is 371 g/mol. The first-order valence-electron chi connectivity index (χ1n) is 7.39. The Kier molecular flexibility index (Phi) is 4.50. The van der Waals surface area contributed by atoms with Crippen molar-refractivity contribution in [3.63, 3.8) is 0 Å². The molecular weight excluding hydrogens is 358 g/mol. The number of para-hydroxylation sites is 1. The Balaban J connectivity index is 2.19. The maximum Gasteiger partial charge on any atom is 0.325 e. The lowest BCUT2D eigenvalue weighted by molar-refractivity contribution is 0.432. The van der Waals surface area contributed by atoms with Crippen LogP contribution in [0, 0.1) is 11.7 Å². The first-order valence-corrected chi connectivity index (χ1v) is 7.79. The molecule has 2 heterocycles. The number of nitrogens with zero attached hydrogens (tertiary/aromatic N) is 2. The highest BCUT2D eigenvalue weighted by Gasteiger charge is 2.14. The van der Waals surface area contributed by atoms with E-state index in [4.69, 9.17) is 12.2 Å². The number of nitrogens with one attached hydrogen (secondary N) is 3. The molecule has 0 radical (unpaired) electrons. The minimum absolute atomic E-state index is 0.0147. The van der Waals surface area contributed by atoms with Crippen molar-refractivity contribution in [3.8, 4) is 11.6 Å². The van der Waals surface area contributed by atoms with Crippen molar-refractivity contribution in [2.24, 2.45) is 4.99 Å². The van der Waals surface area contributed by atoms with E-state index in [1.54, 1.807) is 12.1 Å². The number of aromatic hydroxyl groups is 1. The van der Waals surface area contributed by atoms with E-state index in [1.165, 1.54) is 4.57 Å². The van der Waals surface area contributed by atoms with E-state index < -0.39 is 22.7 Å². The van der Waals surface area contributed by atoms with Crippen LogP contribution in [0.5, 0.6) is 5.88 Å². The Bertz CT molecular complexity index is 1250. The molecular formula is C16H13N5O4S. The van der Waals surface area contributed by atoms with Crippen molar-refractivity contribution in [1.29, 1.82) is 0 Å². The van der Waals surface area contributed by atoms with Crippen molar-refractivity contribution in [2.45, 2.75) is 6.92 Å². The predicted octanol–water partition coefficient (Wildman–Crippen LogP) is 1.04. The molecule has 0 aliphatic heterocycles. The SMILES string of the molecule is Cc1ccccc1-n1c(O)c(C=Nc2c[nH]c(=O)[nH]c2=O)c(=O)[nH]c1=S. The van der Waals surface area contributed by atoms with E-state index in [9.17, 15) is 19.5 Å². The summed E-state index contributed by atoms with van der Waals surface area (Å²) < 4.78 is 1.31. The lowest BCUT2D eigenvalue weighted by Crippen LogP contribution is -2.21. The normalized spacial score (nSPS) is 11.1. The van der Waals surface area contributed by atoms with Crippen molar-refractivity contribution < 1.29 is 5.11 Å². The van der Waals surface area contributed by atoms with Gasteiger partial charge in [-0.15, -0.1) is 0 Å². The van der Waals surface area contributed by atoms with Crippen molar-refractivity contribution in [3.05, 3.63) is 77.6 Å². The highest BCUT2D eigenvalue weighted by molar-refractivity contribution is 7.71. The van der Waals surface area contributed by atoms with E-state index >= 15 is 0 Å². The molecule has 26 heavy (non-hydrogen) atoms. The summed E-state index contributed by atoms with van der Waals surface area (Å²) in [6, 6.07) is 7.16. The molecule has 0 aliphatic carbocycles. The zero-order valence-electron chi connectivity index (χ0n) is 13.4. The standard InChI is InChI=1S/C16H13N5O4S/c1-8-4-2-3-5-11(8)21-14(24)9(12(22)20-16(21)26)6-17-10-7-18-15(25)19-13(10)23/h2-7,24H,1H3,(H,20,22,26)(H2,18,19,23,25). The molecule has 1 aromatic carbocycles. The number of aliphatic imine (C=N–C) groups is 1. The lowest BCUT2D eigenvalue weighted by Gasteiger charge is -2.13. The Hall–Kier alpha value is -3.53. The quantitative estimate of drug-likeness (QED) is 0.403. The van der Waals surface area contributed by atoms with Gasteiger partial charge in [-0.1, -0.05) is 18.2 Å². The van der Waals surface area contributed by atoms with Crippen LogP contribution in [0.25, 0.3) is 5.69 Å². The molecule has 2 aromatic heterocycles. The fourth-order valence-electron chi connectivity index (χ4n) is 2.33. The van der Waals surface area contributed by atoms with Gasteiger partial charge in [0.1, 0.15) is 11.3 Å². The van der Waals surface area contributed by atoms with E-state index in [0.29, 0.717) is 5.69 Å². The highest BCUT2D eigenvalue weighted by atomic mass is 32.1. The zero-order chi connectivity index (χ0) is 18.8. The number of aromatic amines is 3. The van der Waals surface area contributed by atoms with Gasteiger partial charge in [-0.25, -0.2) is 9.79 Å². The van der Waals surface area contributed by atoms with Gasteiger partial charge in [0.05, 0.1) is 5.69 Å². The molecule has 9 nitrogen and oxygen atoms in total. The lowest BCUT2D eigenvalue weighted by atomic mass is 10.2. The molecule has 0 unspecified atom stereocenters. The van der Waals surface area contributed by atoms with Crippen LogP contribution < -0.4 is 16.8 Å².